The fraction of sp³-hybridized carbons (Fsp3) is 0.550. The van der Waals surface area contributed by atoms with Crippen LogP contribution in [0.4, 0.5) is 0 Å². The lowest BCUT2D eigenvalue weighted by Gasteiger charge is -2.25. The number of nitrogens with one attached hydrogen (secondary N) is 1. The molecule has 0 aliphatic carbocycles. The van der Waals surface area contributed by atoms with E-state index in [4.69, 9.17) is 4.74 Å². The van der Waals surface area contributed by atoms with Gasteiger partial charge in [-0.05, 0) is 38.4 Å². The number of benzene rings is 1. The molecule has 0 spiro atoms. The predicted octanol–water partition coefficient (Wildman–Crippen LogP) is 2.50. The van der Waals surface area contributed by atoms with Crippen molar-refractivity contribution in [1.29, 1.82) is 0 Å². The second-order valence-corrected chi connectivity index (χ2v) is 6.74. The van der Waals surface area contributed by atoms with Crippen LogP contribution in [0, 0.1) is 0 Å². The fourth-order valence-electron chi connectivity index (χ4n) is 3.78. The molecular formula is C20H30N4O. The van der Waals surface area contributed by atoms with Gasteiger partial charge in [0.1, 0.15) is 12.4 Å². The van der Waals surface area contributed by atoms with Crippen LogP contribution in [0.1, 0.15) is 24.8 Å². The van der Waals surface area contributed by atoms with E-state index < -0.39 is 0 Å². The zero-order valence-corrected chi connectivity index (χ0v) is 15.3. The van der Waals surface area contributed by atoms with Crippen LogP contribution in [0.2, 0.25) is 0 Å². The van der Waals surface area contributed by atoms with Crippen molar-refractivity contribution in [3.8, 4) is 5.75 Å². The number of nitrogens with zero attached hydrogens (tertiary/aromatic N) is 3. The van der Waals surface area contributed by atoms with Crippen molar-refractivity contribution in [3.63, 3.8) is 0 Å². The Balaban J connectivity index is 1.56. The number of ether oxygens (including phenoxy) is 1. The van der Waals surface area contributed by atoms with E-state index >= 15 is 0 Å². The van der Waals surface area contributed by atoms with Gasteiger partial charge in [-0.1, -0.05) is 30.9 Å². The van der Waals surface area contributed by atoms with Gasteiger partial charge in [-0.3, -0.25) is 9.89 Å². The summed E-state index contributed by atoms with van der Waals surface area (Å²) in [7, 11) is 1.87. The molecule has 0 saturated carbocycles. The average Bonchev–Trinajstić information content (AvgIpc) is 3.33. The Morgan fingerprint density at radius 3 is 2.88 bits per heavy atom. The molecular weight excluding hydrogens is 312 g/mol. The lowest BCUT2D eigenvalue weighted by molar-refractivity contribution is 0.249. The van der Waals surface area contributed by atoms with Gasteiger partial charge in [-0.2, -0.15) is 0 Å². The monoisotopic (exact) mass is 342 g/mol. The summed E-state index contributed by atoms with van der Waals surface area (Å²) in [5.74, 6) is 1.89. The third-order valence-corrected chi connectivity index (χ3v) is 5.10. The van der Waals surface area contributed by atoms with Crippen LogP contribution in [0.3, 0.4) is 0 Å². The molecule has 2 fully saturated rings. The Labute approximate surface area is 151 Å². The molecule has 3 rings (SSSR count). The molecule has 1 aromatic rings. The van der Waals surface area contributed by atoms with E-state index in [-0.39, 0.29) is 0 Å². The van der Waals surface area contributed by atoms with Crippen molar-refractivity contribution in [1.82, 2.24) is 15.1 Å². The van der Waals surface area contributed by atoms with Crippen molar-refractivity contribution < 1.29 is 4.74 Å². The molecule has 2 aliphatic heterocycles. The Kier molecular flexibility index (Phi) is 6.34. The van der Waals surface area contributed by atoms with E-state index in [1.807, 2.05) is 25.2 Å². The first-order valence-electron chi connectivity index (χ1n) is 9.33. The number of hydrogen-bond acceptors (Lipinski definition) is 3. The van der Waals surface area contributed by atoms with Crippen LogP contribution >= 0.6 is 0 Å². The molecule has 2 heterocycles. The highest BCUT2D eigenvalue weighted by Crippen LogP contribution is 2.21. The smallest absolute Gasteiger partial charge is 0.193 e. The molecule has 0 bridgehead atoms. The maximum Gasteiger partial charge on any atom is 0.193 e. The van der Waals surface area contributed by atoms with Gasteiger partial charge in [0.2, 0.25) is 0 Å². The summed E-state index contributed by atoms with van der Waals surface area (Å²) in [4.78, 5) is 9.52. The highest BCUT2D eigenvalue weighted by atomic mass is 16.5. The minimum absolute atomic E-state index is 0.523. The van der Waals surface area contributed by atoms with Crippen molar-refractivity contribution in [2.75, 3.05) is 39.8 Å². The molecule has 25 heavy (non-hydrogen) atoms. The molecule has 0 radical (unpaired) electrons. The van der Waals surface area contributed by atoms with Gasteiger partial charge in [0.25, 0.3) is 0 Å². The Morgan fingerprint density at radius 1 is 1.32 bits per heavy atom. The van der Waals surface area contributed by atoms with Crippen LogP contribution in [0.5, 0.6) is 5.75 Å². The third-order valence-electron chi connectivity index (χ3n) is 5.10. The molecule has 1 aromatic carbocycles. The van der Waals surface area contributed by atoms with Crippen LogP contribution in [0.25, 0.3) is 0 Å². The molecule has 0 aromatic heterocycles. The van der Waals surface area contributed by atoms with E-state index in [1.165, 1.54) is 32.4 Å². The Morgan fingerprint density at radius 2 is 2.12 bits per heavy atom. The van der Waals surface area contributed by atoms with E-state index in [0.29, 0.717) is 19.2 Å². The number of likely N-dealkylation sites (tertiary alicyclic amines) is 2. The fourth-order valence-corrected chi connectivity index (χ4v) is 3.78. The van der Waals surface area contributed by atoms with Crippen molar-refractivity contribution in [3.05, 3.63) is 42.5 Å². The molecule has 5 heteroatoms. The third kappa shape index (κ3) is 4.54. The normalized spacial score (nSPS) is 21.6. The predicted molar refractivity (Wildman–Crippen MR) is 103 cm³/mol. The van der Waals surface area contributed by atoms with Crippen molar-refractivity contribution >= 4 is 5.96 Å². The van der Waals surface area contributed by atoms with Crippen LogP contribution in [-0.2, 0) is 6.54 Å². The van der Waals surface area contributed by atoms with Crippen LogP contribution in [0.15, 0.2) is 41.9 Å². The summed E-state index contributed by atoms with van der Waals surface area (Å²) in [5.41, 5.74) is 1.14. The lowest BCUT2D eigenvalue weighted by atomic mass is 10.2. The zero-order valence-electron chi connectivity index (χ0n) is 15.3. The van der Waals surface area contributed by atoms with E-state index in [9.17, 15) is 0 Å². The average molecular weight is 342 g/mol. The second kappa shape index (κ2) is 8.90. The highest BCUT2D eigenvalue weighted by Gasteiger charge is 2.30. The van der Waals surface area contributed by atoms with Gasteiger partial charge in [-0.25, -0.2) is 0 Å². The Hall–Kier alpha value is -2.01. The standard InChI is InChI=1S/C20H30N4O/c1-3-14-25-19-9-5-4-8-17(19)15-22-20(21-2)24-13-10-18(16-24)23-11-6-7-12-23/h3-5,8-9,18H,1,6-7,10-16H2,2H3,(H,21,22). The summed E-state index contributed by atoms with van der Waals surface area (Å²) in [5, 5.41) is 3.51. The first-order chi connectivity index (χ1) is 12.3. The van der Waals surface area contributed by atoms with Crippen molar-refractivity contribution in [2.24, 2.45) is 4.99 Å². The van der Waals surface area contributed by atoms with E-state index in [1.54, 1.807) is 6.08 Å². The largest absolute Gasteiger partial charge is 0.489 e. The van der Waals surface area contributed by atoms with E-state index in [0.717, 1.165) is 30.4 Å². The molecule has 2 aliphatic rings. The maximum atomic E-state index is 5.74. The molecule has 2 saturated heterocycles. The summed E-state index contributed by atoms with van der Waals surface area (Å²) in [6.45, 7) is 9.63. The van der Waals surface area contributed by atoms with Gasteiger partial charge in [0, 0.05) is 38.3 Å². The summed E-state index contributed by atoms with van der Waals surface area (Å²) < 4.78 is 5.74. The van der Waals surface area contributed by atoms with Crippen LogP contribution in [-0.4, -0.2) is 61.6 Å². The Bertz CT molecular complexity index is 595. The van der Waals surface area contributed by atoms with Gasteiger partial charge in [0.15, 0.2) is 5.96 Å². The van der Waals surface area contributed by atoms with Gasteiger partial charge in [0.05, 0.1) is 0 Å². The number of para-hydroxylation sites is 1. The zero-order chi connectivity index (χ0) is 17.5. The first-order valence-corrected chi connectivity index (χ1v) is 9.33. The van der Waals surface area contributed by atoms with Gasteiger partial charge in [-0.15, -0.1) is 0 Å². The quantitative estimate of drug-likeness (QED) is 0.490. The van der Waals surface area contributed by atoms with Crippen molar-refractivity contribution in [2.45, 2.75) is 31.8 Å². The topological polar surface area (TPSA) is 40.1 Å². The summed E-state index contributed by atoms with van der Waals surface area (Å²) >= 11 is 0. The molecule has 0 amide bonds. The summed E-state index contributed by atoms with van der Waals surface area (Å²) in [6.07, 6.45) is 5.71. The summed E-state index contributed by atoms with van der Waals surface area (Å²) in [6, 6.07) is 8.82. The minimum atomic E-state index is 0.523. The van der Waals surface area contributed by atoms with Crippen LogP contribution < -0.4 is 10.1 Å². The van der Waals surface area contributed by atoms with Gasteiger partial charge < -0.3 is 15.0 Å². The second-order valence-electron chi connectivity index (χ2n) is 6.74. The molecule has 136 valence electrons. The van der Waals surface area contributed by atoms with E-state index in [2.05, 4.69) is 32.8 Å². The number of guanidine groups is 1. The molecule has 5 nitrogen and oxygen atoms in total. The minimum Gasteiger partial charge on any atom is -0.489 e. The number of hydrogen-bond donors (Lipinski definition) is 1. The molecule has 1 N–H and O–H groups in total. The lowest BCUT2D eigenvalue weighted by Crippen LogP contribution is -2.42. The molecule has 1 unspecified atom stereocenters. The van der Waals surface area contributed by atoms with Gasteiger partial charge >= 0.3 is 0 Å². The number of aliphatic imine (C=N–C) groups is 1. The first kappa shape index (κ1) is 17.8. The highest BCUT2D eigenvalue weighted by molar-refractivity contribution is 5.80. The molecule has 1 atom stereocenters. The SMILES string of the molecule is C=CCOc1ccccc1CNC(=NC)N1CCC(N2CCCC2)C1. The maximum absolute atomic E-state index is 5.74. The number of rotatable bonds is 6.